The molecule has 2 aliphatic heterocycles. The van der Waals surface area contributed by atoms with Crippen LogP contribution in [0, 0.1) is 12.8 Å². The second-order valence-corrected chi connectivity index (χ2v) is 6.61. The molecule has 2 aliphatic rings. The van der Waals surface area contributed by atoms with E-state index in [1.54, 1.807) is 11.9 Å². The molecule has 3 rings (SSSR count). The number of amides is 2. The summed E-state index contributed by atoms with van der Waals surface area (Å²) < 4.78 is 11.5. The average molecular weight is 332 g/mol. The first kappa shape index (κ1) is 16.8. The van der Waals surface area contributed by atoms with E-state index in [4.69, 9.17) is 9.47 Å². The predicted octanol–water partition coefficient (Wildman–Crippen LogP) is 1.97. The van der Waals surface area contributed by atoms with Crippen LogP contribution in [0.4, 0.5) is 5.69 Å². The Hall–Kier alpha value is -2.08. The molecule has 0 aliphatic carbocycles. The fourth-order valence-corrected chi connectivity index (χ4v) is 3.08. The number of likely N-dealkylation sites (tertiary alicyclic amines) is 1. The summed E-state index contributed by atoms with van der Waals surface area (Å²) in [5.74, 6) is 0.207. The summed E-state index contributed by atoms with van der Waals surface area (Å²) in [7, 11) is 1.72. The molecular formula is C18H24N2O4. The van der Waals surface area contributed by atoms with Gasteiger partial charge in [0.2, 0.25) is 11.8 Å². The zero-order valence-corrected chi connectivity index (χ0v) is 14.2. The molecule has 0 unspecified atom stereocenters. The first-order chi connectivity index (χ1) is 11.5. The van der Waals surface area contributed by atoms with Crippen LogP contribution in [0.25, 0.3) is 0 Å². The Morgan fingerprint density at radius 3 is 2.96 bits per heavy atom. The zero-order chi connectivity index (χ0) is 17.1. The first-order valence-electron chi connectivity index (χ1n) is 8.43. The van der Waals surface area contributed by atoms with E-state index in [9.17, 15) is 9.59 Å². The van der Waals surface area contributed by atoms with E-state index in [2.05, 4.69) is 5.32 Å². The van der Waals surface area contributed by atoms with Gasteiger partial charge in [0.25, 0.3) is 0 Å². The average Bonchev–Trinajstić information content (AvgIpc) is 3.18. The van der Waals surface area contributed by atoms with E-state index >= 15 is 0 Å². The molecule has 1 aromatic rings. The van der Waals surface area contributed by atoms with E-state index < -0.39 is 0 Å². The monoisotopic (exact) mass is 332 g/mol. The maximum Gasteiger partial charge on any atom is 0.229 e. The van der Waals surface area contributed by atoms with Gasteiger partial charge in [-0.2, -0.15) is 0 Å². The molecule has 0 saturated carbocycles. The SMILES string of the molecule is Cc1ccc(NC(=O)[C@@H]2CC(=O)N(C)C2)c(OC[C@H]2CCCO2)c1. The molecule has 24 heavy (non-hydrogen) atoms. The highest BCUT2D eigenvalue weighted by Crippen LogP contribution is 2.28. The molecule has 2 amide bonds. The molecule has 6 heteroatoms. The topological polar surface area (TPSA) is 67.9 Å². The Labute approximate surface area is 142 Å². The van der Waals surface area contributed by atoms with Crippen LogP contribution in [0.3, 0.4) is 0 Å². The molecule has 2 fully saturated rings. The summed E-state index contributed by atoms with van der Waals surface area (Å²) in [6.45, 7) is 3.71. The molecule has 1 N–H and O–H groups in total. The van der Waals surface area contributed by atoms with Gasteiger partial charge in [-0.15, -0.1) is 0 Å². The van der Waals surface area contributed by atoms with Crippen molar-refractivity contribution in [1.29, 1.82) is 0 Å². The maximum atomic E-state index is 12.4. The molecule has 0 radical (unpaired) electrons. The number of hydrogen-bond donors (Lipinski definition) is 1. The lowest BCUT2D eigenvalue weighted by molar-refractivity contribution is -0.127. The number of nitrogens with zero attached hydrogens (tertiary/aromatic N) is 1. The molecule has 2 saturated heterocycles. The normalized spacial score (nSPS) is 23.6. The quantitative estimate of drug-likeness (QED) is 0.895. The van der Waals surface area contributed by atoms with Gasteiger partial charge < -0.3 is 19.7 Å². The van der Waals surface area contributed by atoms with Crippen molar-refractivity contribution in [2.75, 3.05) is 32.1 Å². The van der Waals surface area contributed by atoms with Gasteiger partial charge in [-0.1, -0.05) is 6.07 Å². The van der Waals surface area contributed by atoms with Gasteiger partial charge in [0, 0.05) is 26.6 Å². The lowest BCUT2D eigenvalue weighted by Crippen LogP contribution is -2.26. The van der Waals surface area contributed by atoms with Crippen LogP contribution >= 0.6 is 0 Å². The largest absolute Gasteiger partial charge is 0.489 e. The second-order valence-electron chi connectivity index (χ2n) is 6.61. The van der Waals surface area contributed by atoms with Crippen LogP contribution < -0.4 is 10.1 Å². The molecule has 0 bridgehead atoms. The first-order valence-corrected chi connectivity index (χ1v) is 8.43. The summed E-state index contributed by atoms with van der Waals surface area (Å²) in [6.07, 6.45) is 2.45. The van der Waals surface area contributed by atoms with Crippen molar-refractivity contribution in [1.82, 2.24) is 4.90 Å². The van der Waals surface area contributed by atoms with E-state index in [1.807, 2.05) is 25.1 Å². The highest BCUT2D eigenvalue weighted by molar-refractivity contribution is 5.98. The van der Waals surface area contributed by atoms with Crippen molar-refractivity contribution in [3.8, 4) is 5.75 Å². The lowest BCUT2D eigenvalue weighted by Gasteiger charge is -2.17. The summed E-state index contributed by atoms with van der Waals surface area (Å²) in [5, 5.41) is 2.91. The number of ether oxygens (including phenoxy) is 2. The zero-order valence-electron chi connectivity index (χ0n) is 14.2. The minimum Gasteiger partial charge on any atom is -0.489 e. The number of nitrogens with one attached hydrogen (secondary N) is 1. The summed E-state index contributed by atoms with van der Waals surface area (Å²) in [5.41, 5.74) is 1.71. The van der Waals surface area contributed by atoms with Crippen molar-refractivity contribution < 1.29 is 19.1 Å². The fraction of sp³-hybridized carbons (Fsp3) is 0.556. The Balaban J connectivity index is 1.65. The van der Waals surface area contributed by atoms with E-state index in [0.29, 0.717) is 24.6 Å². The van der Waals surface area contributed by atoms with E-state index in [1.165, 1.54) is 0 Å². The number of aryl methyl sites for hydroxylation is 1. The van der Waals surface area contributed by atoms with Gasteiger partial charge in [0.15, 0.2) is 0 Å². The van der Waals surface area contributed by atoms with Crippen molar-refractivity contribution in [3.05, 3.63) is 23.8 Å². The van der Waals surface area contributed by atoms with Gasteiger partial charge in [-0.3, -0.25) is 9.59 Å². The van der Waals surface area contributed by atoms with Crippen molar-refractivity contribution in [2.24, 2.45) is 5.92 Å². The molecule has 1 aromatic carbocycles. The molecular weight excluding hydrogens is 308 g/mol. The van der Waals surface area contributed by atoms with Crippen LogP contribution in [-0.2, 0) is 14.3 Å². The number of rotatable bonds is 5. The van der Waals surface area contributed by atoms with Gasteiger partial charge in [0.1, 0.15) is 12.4 Å². The number of carbonyl (C=O) groups is 2. The van der Waals surface area contributed by atoms with E-state index in [-0.39, 0.29) is 30.3 Å². The second kappa shape index (κ2) is 7.21. The van der Waals surface area contributed by atoms with Crippen LogP contribution in [0.2, 0.25) is 0 Å². The third-order valence-electron chi connectivity index (χ3n) is 4.56. The molecule has 2 heterocycles. The maximum absolute atomic E-state index is 12.4. The molecule has 0 spiro atoms. The number of anilines is 1. The standard InChI is InChI=1S/C18H24N2O4/c1-12-5-6-15(16(8-12)24-11-14-4-3-7-23-14)19-18(22)13-9-17(21)20(2)10-13/h5-6,8,13-14H,3-4,7,9-11H2,1-2H3,(H,19,22)/t13-,14-/m1/s1. The summed E-state index contributed by atoms with van der Waals surface area (Å²) in [6, 6.07) is 5.69. The molecule has 6 nitrogen and oxygen atoms in total. The van der Waals surface area contributed by atoms with Gasteiger partial charge in [-0.25, -0.2) is 0 Å². The van der Waals surface area contributed by atoms with E-state index in [0.717, 1.165) is 25.0 Å². The van der Waals surface area contributed by atoms with Crippen molar-refractivity contribution in [2.45, 2.75) is 32.3 Å². The predicted molar refractivity (Wildman–Crippen MR) is 90.0 cm³/mol. The Kier molecular flexibility index (Phi) is 5.04. The Morgan fingerprint density at radius 1 is 1.46 bits per heavy atom. The highest BCUT2D eigenvalue weighted by Gasteiger charge is 2.32. The fourth-order valence-electron chi connectivity index (χ4n) is 3.08. The number of carbonyl (C=O) groups excluding carboxylic acids is 2. The smallest absolute Gasteiger partial charge is 0.229 e. The van der Waals surface area contributed by atoms with Crippen LogP contribution in [-0.4, -0.2) is 49.6 Å². The van der Waals surface area contributed by atoms with Gasteiger partial charge in [-0.05, 0) is 37.5 Å². The van der Waals surface area contributed by atoms with Crippen LogP contribution in [0.5, 0.6) is 5.75 Å². The highest BCUT2D eigenvalue weighted by atomic mass is 16.5. The van der Waals surface area contributed by atoms with Gasteiger partial charge in [0.05, 0.1) is 17.7 Å². The lowest BCUT2D eigenvalue weighted by atomic mass is 10.1. The summed E-state index contributed by atoms with van der Waals surface area (Å²) in [4.78, 5) is 25.6. The summed E-state index contributed by atoms with van der Waals surface area (Å²) >= 11 is 0. The minimum absolute atomic E-state index is 0.00825. The van der Waals surface area contributed by atoms with Gasteiger partial charge >= 0.3 is 0 Å². The molecule has 2 atom stereocenters. The number of benzene rings is 1. The third kappa shape index (κ3) is 3.87. The van der Waals surface area contributed by atoms with Crippen LogP contribution in [0.1, 0.15) is 24.8 Å². The van der Waals surface area contributed by atoms with Crippen molar-refractivity contribution >= 4 is 17.5 Å². The number of hydrogen-bond acceptors (Lipinski definition) is 4. The van der Waals surface area contributed by atoms with Crippen LogP contribution in [0.15, 0.2) is 18.2 Å². The molecule has 0 aromatic heterocycles. The van der Waals surface area contributed by atoms with Crippen molar-refractivity contribution in [3.63, 3.8) is 0 Å². The third-order valence-corrected chi connectivity index (χ3v) is 4.56. The molecule has 130 valence electrons. The minimum atomic E-state index is -0.310. The Morgan fingerprint density at radius 2 is 2.29 bits per heavy atom. The Bertz CT molecular complexity index is 625.